The highest BCUT2D eigenvalue weighted by Gasteiger charge is 2.31. The van der Waals surface area contributed by atoms with Gasteiger partial charge in [-0.2, -0.15) is 0 Å². The number of amides is 6. The van der Waals surface area contributed by atoms with Crippen LogP contribution in [0.1, 0.15) is 80.1 Å². The molecule has 0 saturated heterocycles. The van der Waals surface area contributed by atoms with Gasteiger partial charge in [-0.1, -0.05) is 100 Å². The number of nitrogens with one attached hydrogen (secondary N) is 6. The number of hydrogen-bond donors (Lipinski definition) is 6. The molecule has 0 saturated carbocycles. The SMILES string of the molecule is CC(C)(C)OC(=O)N[C@H](CCC(=O)N[C@@H](CSSC[C@H](NC(=O)CC[C@@H](NC(=O)OC(C)(C)C)C(=O)OCC[Si](C)(C)C)C(=O)NCCC(=O)OCC[Si](C)(C)C)C(=O)NCCC(=O)OCC[Si](C)(C)C)C(=O)OCC[Si](C)(C)C. The Morgan fingerprint density at radius 2 is 0.688 bits per heavy atom. The van der Waals surface area contributed by atoms with Crippen LogP contribution in [0.15, 0.2) is 0 Å². The molecule has 0 bridgehead atoms. The molecular formula is C52H100N6O16S2Si4. The van der Waals surface area contributed by atoms with Crippen LogP contribution >= 0.6 is 21.6 Å². The first-order chi connectivity index (χ1) is 36.5. The number of carbonyl (C=O) groups excluding carboxylic acids is 10. The van der Waals surface area contributed by atoms with Gasteiger partial charge in [-0.25, -0.2) is 19.2 Å². The van der Waals surface area contributed by atoms with Crippen LogP contribution in [-0.2, 0) is 66.8 Å². The molecule has 22 nitrogen and oxygen atoms in total. The maximum atomic E-state index is 13.7. The zero-order valence-corrected chi connectivity index (χ0v) is 57.0. The third kappa shape index (κ3) is 43.6. The van der Waals surface area contributed by atoms with E-state index in [9.17, 15) is 47.9 Å². The Morgan fingerprint density at radius 3 is 0.963 bits per heavy atom. The minimum atomic E-state index is -1.60. The second-order valence-corrected chi connectivity index (χ2v) is 51.4. The first-order valence-corrected chi connectivity index (χ1v) is 44.9. The molecular weight excluding hydrogens is 1140 g/mol. The van der Waals surface area contributed by atoms with Crippen LogP contribution in [0.5, 0.6) is 0 Å². The van der Waals surface area contributed by atoms with E-state index in [-0.39, 0.29) is 89.5 Å². The van der Waals surface area contributed by atoms with Gasteiger partial charge < -0.3 is 60.3 Å². The van der Waals surface area contributed by atoms with Gasteiger partial charge >= 0.3 is 36.1 Å². The summed E-state index contributed by atoms with van der Waals surface area (Å²) in [5.74, 6) is -5.32. The van der Waals surface area contributed by atoms with E-state index in [0.717, 1.165) is 33.7 Å². The van der Waals surface area contributed by atoms with E-state index in [4.69, 9.17) is 28.4 Å². The summed E-state index contributed by atoms with van der Waals surface area (Å²) in [4.78, 5) is 132. The van der Waals surface area contributed by atoms with Crippen LogP contribution in [0.3, 0.4) is 0 Å². The molecule has 6 N–H and O–H groups in total. The molecule has 0 unspecified atom stereocenters. The van der Waals surface area contributed by atoms with Crippen LogP contribution in [0.2, 0.25) is 103 Å². The molecule has 0 spiro atoms. The predicted octanol–water partition coefficient (Wildman–Crippen LogP) is 7.22. The van der Waals surface area contributed by atoms with Crippen molar-refractivity contribution in [1.82, 2.24) is 31.9 Å². The summed E-state index contributed by atoms with van der Waals surface area (Å²) in [6.45, 7) is 36.1. The summed E-state index contributed by atoms with van der Waals surface area (Å²) in [5, 5.41) is 15.7. The third-order valence-corrected chi connectivity index (χ3v) is 20.0. The second kappa shape index (κ2) is 36.4. The Hall–Kier alpha value is -4.13. The van der Waals surface area contributed by atoms with Crippen LogP contribution < -0.4 is 31.9 Å². The monoisotopic (exact) mass is 1240 g/mol. The minimum Gasteiger partial charge on any atom is -0.466 e. The molecule has 462 valence electrons. The van der Waals surface area contributed by atoms with Crippen molar-refractivity contribution in [3.05, 3.63) is 0 Å². The highest BCUT2D eigenvalue weighted by atomic mass is 33.1. The fourth-order valence-corrected chi connectivity index (χ4v) is 11.3. The fraction of sp³-hybridized carbons (Fsp3) is 0.808. The van der Waals surface area contributed by atoms with E-state index in [1.165, 1.54) is 0 Å². The summed E-state index contributed by atoms with van der Waals surface area (Å²) in [5.41, 5.74) is -1.77. The number of hydrogen-bond acceptors (Lipinski definition) is 18. The smallest absolute Gasteiger partial charge is 0.408 e. The number of carbonyl (C=O) groups is 10. The Labute approximate surface area is 488 Å². The molecule has 0 aliphatic rings. The van der Waals surface area contributed by atoms with Crippen LogP contribution in [0.25, 0.3) is 0 Å². The lowest BCUT2D eigenvalue weighted by molar-refractivity contribution is -0.146. The molecule has 28 heteroatoms. The molecule has 0 aliphatic carbocycles. The summed E-state index contributed by atoms with van der Waals surface area (Å²) in [6, 6.07) is -2.11. The normalized spacial score (nSPS) is 13.7. The quantitative estimate of drug-likeness (QED) is 0.0118. The predicted molar refractivity (Wildman–Crippen MR) is 325 cm³/mol. The highest BCUT2D eigenvalue weighted by molar-refractivity contribution is 8.76. The Balaban J connectivity index is 6.51. The first-order valence-electron chi connectivity index (χ1n) is 27.6. The Kier molecular flexibility index (Phi) is 34.6. The van der Waals surface area contributed by atoms with Gasteiger partial charge in [-0.15, -0.1) is 0 Å². The number of alkyl carbamates (subject to hydrolysis) is 2. The van der Waals surface area contributed by atoms with Crippen molar-refractivity contribution in [2.45, 2.75) is 218 Å². The molecule has 80 heavy (non-hydrogen) atoms. The summed E-state index contributed by atoms with van der Waals surface area (Å²) in [6.07, 6.45) is -3.13. The number of ether oxygens (including phenoxy) is 6. The van der Waals surface area contributed by atoms with Crippen LogP contribution in [0, 0.1) is 0 Å². The van der Waals surface area contributed by atoms with Gasteiger partial charge in [0, 0.05) is 69.7 Å². The molecule has 0 radical (unpaired) electrons. The van der Waals surface area contributed by atoms with E-state index < -0.39 is 127 Å². The molecule has 6 amide bonds. The van der Waals surface area contributed by atoms with Gasteiger partial charge in [0.2, 0.25) is 23.6 Å². The lowest BCUT2D eigenvalue weighted by Crippen LogP contribution is -2.50. The average Bonchev–Trinajstić information content (AvgIpc) is 3.26. The highest BCUT2D eigenvalue weighted by Crippen LogP contribution is 2.24. The first kappa shape index (κ1) is 75.9. The van der Waals surface area contributed by atoms with Gasteiger partial charge in [-0.05, 0) is 78.6 Å². The maximum absolute atomic E-state index is 13.7. The lowest BCUT2D eigenvalue weighted by Gasteiger charge is -2.24. The van der Waals surface area contributed by atoms with Crippen molar-refractivity contribution in [1.29, 1.82) is 0 Å². The zero-order valence-electron chi connectivity index (χ0n) is 51.4. The van der Waals surface area contributed by atoms with Crippen molar-refractivity contribution < 1.29 is 76.4 Å². The van der Waals surface area contributed by atoms with Crippen LogP contribution in [0.4, 0.5) is 9.59 Å². The topological polar surface area (TPSA) is 298 Å². The Bertz CT molecular complexity index is 1880. The van der Waals surface area contributed by atoms with Gasteiger partial charge in [0.15, 0.2) is 0 Å². The summed E-state index contributed by atoms with van der Waals surface area (Å²) >= 11 is 0. The van der Waals surface area contributed by atoms with Gasteiger partial charge in [0.25, 0.3) is 0 Å². The molecule has 0 heterocycles. The molecule has 0 aromatic carbocycles. The van der Waals surface area contributed by atoms with Crippen molar-refractivity contribution in [2.75, 3.05) is 51.0 Å². The van der Waals surface area contributed by atoms with Crippen molar-refractivity contribution >= 4 is 114 Å². The van der Waals surface area contributed by atoms with E-state index in [2.05, 4.69) is 110 Å². The standard InChI is InChI=1S/C52H100N6O16S2Si4/c1-51(2,3)73-49(67)57-37(47(65)71-29-33-79(13,14)15)19-21-41(59)55-39(45(63)53-25-23-43(61)69-27-31-77(7,8)9)35-75-76-36-40(46(64)54-26-24-44(62)70-28-32-78(10,11)12)56-42(60)22-20-38(58-50(68)74-52(4,5)6)48(66)72-30-34-80(16,17)18/h37-40H,19-36H2,1-18H3,(H,53,63)(H,54,64)(H,55,59)(H,56,60)(H,57,67)(H,58,68)/t37-,38-,39+,40+/m1/s1. The van der Waals surface area contributed by atoms with Gasteiger partial charge in [0.05, 0.1) is 39.3 Å². The largest absolute Gasteiger partial charge is 0.466 e. The summed E-state index contributed by atoms with van der Waals surface area (Å²) in [7, 11) is -3.99. The van der Waals surface area contributed by atoms with Crippen molar-refractivity contribution in [3.63, 3.8) is 0 Å². The molecule has 0 aromatic heterocycles. The second-order valence-electron chi connectivity index (χ2n) is 26.4. The molecule has 0 aliphatic heterocycles. The maximum Gasteiger partial charge on any atom is 0.408 e. The van der Waals surface area contributed by atoms with Crippen LogP contribution in [-0.4, -0.2) is 178 Å². The third-order valence-electron chi connectivity index (χ3n) is 10.8. The van der Waals surface area contributed by atoms with E-state index in [1.807, 2.05) is 0 Å². The fourth-order valence-electron chi connectivity index (χ4n) is 6.10. The van der Waals surface area contributed by atoms with Crippen molar-refractivity contribution in [3.8, 4) is 0 Å². The number of esters is 4. The minimum absolute atomic E-state index is 0.0927. The van der Waals surface area contributed by atoms with E-state index >= 15 is 0 Å². The molecule has 0 rings (SSSR count). The van der Waals surface area contributed by atoms with E-state index in [0.29, 0.717) is 12.1 Å². The van der Waals surface area contributed by atoms with Crippen molar-refractivity contribution in [2.24, 2.45) is 0 Å². The molecule has 4 atom stereocenters. The average molecular weight is 1240 g/mol. The number of rotatable bonds is 37. The van der Waals surface area contributed by atoms with E-state index in [1.54, 1.807) is 41.5 Å². The van der Waals surface area contributed by atoms with Gasteiger partial charge in [-0.3, -0.25) is 28.8 Å². The molecule has 0 fully saturated rings. The zero-order chi connectivity index (χ0) is 61.7. The lowest BCUT2D eigenvalue weighted by atomic mass is 10.1. The summed E-state index contributed by atoms with van der Waals surface area (Å²) < 4.78 is 32.5. The van der Waals surface area contributed by atoms with Gasteiger partial charge in [0.1, 0.15) is 35.4 Å². The molecule has 0 aromatic rings. The Morgan fingerprint density at radius 1 is 0.400 bits per heavy atom.